The fourth-order valence-corrected chi connectivity index (χ4v) is 3.17. The second-order valence-corrected chi connectivity index (χ2v) is 6.15. The Bertz CT molecular complexity index is 731. The molecule has 0 fully saturated rings. The Hall–Kier alpha value is -1.75. The minimum absolute atomic E-state index is 0.0538. The lowest BCUT2D eigenvalue weighted by atomic mass is 10.0. The largest absolute Gasteiger partial charge is 0.497 e. The van der Waals surface area contributed by atoms with Crippen molar-refractivity contribution in [1.29, 1.82) is 0 Å². The first-order chi connectivity index (χ1) is 11.1. The molecule has 120 valence electrons. The zero-order valence-electron chi connectivity index (χ0n) is 12.7. The monoisotopic (exact) mass is 349 g/mol. The molecule has 0 unspecified atom stereocenters. The zero-order chi connectivity index (χ0) is 16.4. The molecular weight excluding hydrogens is 333 g/mol. The van der Waals surface area contributed by atoms with Crippen LogP contribution >= 0.6 is 23.2 Å². The second kappa shape index (κ2) is 6.79. The summed E-state index contributed by atoms with van der Waals surface area (Å²) in [6.07, 6.45) is 0.766. The van der Waals surface area contributed by atoms with Crippen LogP contribution in [0.1, 0.15) is 18.0 Å². The number of hydrogen-bond acceptors (Lipinski definition) is 4. The third-order valence-electron chi connectivity index (χ3n) is 3.87. The minimum atomic E-state index is 0.0538. The van der Waals surface area contributed by atoms with E-state index in [1.807, 2.05) is 41.4 Å². The molecular formula is C17H17Cl2N3O. The first-order valence-corrected chi connectivity index (χ1v) is 8.02. The lowest BCUT2D eigenvalue weighted by Gasteiger charge is -2.25. The van der Waals surface area contributed by atoms with Crippen molar-refractivity contribution in [3.63, 3.8) is 0 Å². The van der Waals surface area contributed by atoms with Gasteiger partial charge < -0.3 is 10.5 Å². The Kier molecular flexibility index (Phi) is 4.76. The van der Waals surface area contributed by atoms with E-state index in [9.17, 15) is 0 Å². The van der Waals surface area contributed by atoms with Gasteiger partial charge in [0, 0.05) is 18.0 Å². The molecule has 0 bridgehead atoms. The summed E-state index contributed by atoms with van der Waals surface area (Å²) in [7, 11) is 1.65. The van der Waals surface area contributed by atoms with Crippen molar-refractivity contribution >= 4 is 34.6 Å². The lowest BCUT2D eigenvalue weighted by Crippen LogP contribution is -2.19. The number of hydrogen-bond donors (Lipinski definition) is 1. The number of ether oxygens (including phenoxy) is 1. The van der Waals surface area contributed by atoms with Crippen LogP contribution in [0, 0.1) is 0 Å². The summed E-state index contributed by atoms with van der Waals surface area (Å²) >= 11 is 12.3. The Balaban J connectivity index is 1.98. The molecule has 1 atom stereocenters. The van der Waals surface area contributed by atoms with Crippen LogP contribution in [0.4, 0.5) is 5.69 Å². The van der Waals surface area contributed by atoms with Crippen LogP contribution in [0.25, 0.3) is 0 Å². The molecule has 2 N–H and O–H groups in total. The normalized spacial score (nSPS) is 17.3. The van der Waals surface area contributed by atoms with Crippen LogP contribution in [0.2, 0.25) is 10.0 Å². The molecule has 0 aliphatic carbocycles. The van der Waals surface area contributed by atoms with E-state index < -0.39 is 0 Å². The van der Waals surface area contributed by atoms with Gasteiger partial charge in [-0.3, -0.25) is 5.01 Å². The molecule has 0 aromatic heterocycles. The highest BCUT2D eigenvalue weighted by atomic mass is 35.5. The first kappa shape index (κ1) is 16.1. The molecule has 0 radical (unpaired) electrons. The van der Waals surface area contributed by atoms with Crippen molar-refractivity contribution in [3.05, 3.63) is 58.1 Å². The maximum Gasteiger partial charge on any atom is 0.118 e. The summed E-state index contributed by atoms with van der Waals surface area (Å²) in [5.74, 6) is 0.822. The summed E-state index contributed by atoms with van der Waals surface area (Å²) in [6.45, 7) is 0.425. The van der Waals surface area contributed by atoms with Gasteiger partial charge in [-0.25, -0.2) is 0 Å². The summed E-state index contributed by atoms with van der Waals surface area (Å²) in [5.41, 5.74) is 8.68. The minimum Gasteiger partial charge on any atom is -0.497 e. The molecule has 23 heavy (non-hydrogen) atoms. The van der Waals surface area contributed by atoms with Gasteiger partial charge in [0.2, 0.25) is 0 Å². The number of nitrogens with two attached hydrogens (primary N) is 1. The molecule has 6 heteroatoms. The quantitative estimate of drug-likeness (QED) is 0.896. The highest BCUT2D eigenvalue weighted by Crippen LogP contribution is 2.39. The van der Waals surface area contributed by atoms with Gasteiger partial charge in [0.1, 0.15) is 5.75 Å². The van der Waals surface area contributed by atoms with Crippen molar-refractivity contribution in [2.75, 3.05) is 18.7 Å². The van der Waals surface area contributed by atoms with Crippen LogP contribution in [0.3, 0.4) is 0 Å². The molecule has 1 aliphatic rings. The smallest absolute Gasteiger partial charge is 0.118 e. The fraction of sp³-hybridized carbons (Fsp3) is 0.235. The predicted octanol–water partition coefficient (Wildman–Crippen LogP) is 4.27. The first-order valence-electron chi connectivity index (χ1n) is 7.27. The van der Waals surface area contributed by atoms with E-state index in [0.717, 1.165) is 29.1 Å². The Morgan fingerprint density at radius 2 is 1.96 bits per heavy atom. The topological polar surface area (TPSA) is 50.9 Å². The van der Waals surface area contributed by atoms with Gasteiger partial charge in [-0.1, -0.05) is 35.3 Å². The van der Waals surface area contributed by atoms with E-state index in [1.54, 1.807) is 13.2 Å². The van der Waals surface area contributed by atoms with Gasteiger partial charge in [0.05, 0.1) is 29.6 Å². The number of nitrogens with zero attached hydrogens (tertiary/aromatic N) is 2. The molecule has 1 aliphatic heterocycles. The summed E-state index contributed by atoms with van der Waals surface area (Å²) < 4.78 is 5.22. The van der Waals surface area contributed by atoms with E-state index in [1.165, 1.54) is 0 Å². The van der Waals surface area contributed by atoms with Crippen LogP contribution in [0.5, 0.6) is 5.75 Å². The highest BCUT2D eigenvalue weighted by Gasteiger charge is 2.29. The van der Waals surface area contributed by atoms with Crippen LogP contribution in [0.15, 0.2) is 47.6 Å². The van der Waals surface area contributed by atoms with Gasteiger partial charge in [0.15, 0.2) is 0 Å². The molecule has 2 aromatic carbocycles. The average Bonchev–Trinajstić information content (AvgIpc) is 2.99. The van der Waals surface area contributed by atoms with E-state index in [2.05, 4.69) is 5.10 Å². The van der Waals surface area contributed by atoms with Crippen molar-refractivity contribution in [3.8, 4) is 5.75 Å². The second-order valence-electron chi connectivity index (χ2n) is 5.30. The Morgan fingerprint density at radius 1 is 1.22 bits per heavy atom. The van der Waals surface area contributed by atoms with Crippen molar-refractivity contribution in [1.82, 2.24) is 0 Å². The van der Waals surface area contributed by atoms with Crippen molar-refractivity contribution < 1.29 is 4.74 Å². The Labute approximate surface area is 145 Å². The summed E-state index contributed by atoms with van der Waals surface area (Å²) in [5, 5.41) is 7.72. The van der Waals surface area contributed by atoms with E-state index in [4.69, 9.17) is 33.7 Å². The molecule has 0 amide bonds. The fourth-order valence-electron chi connectivity index (χ4n) is 2.67. The molecule has 0 saturated heterocycles. The lowest BCUT2D eigenvalue weighted by molar-refractivity contribution is 0.414. The van der Waals surface area contributed by atoms with Crippen LogP contribution < -0.4 is 15.5 Å². The third-order valence-corrected chi connectivity index (χ3v) is 4.40. The molecule has 1 heterocycles. The average molecular weight is 350 g/mol. The standard InChI is InChI=1S/C17H17Cl2N3O/c1-23-14-5-2-11(3-6-14)17-9-13(10-20)21-22(17)16-7-4-12(18)8-15(16)19/h2-8,17H,9-10,20H2,1H3/t17-/m0/s1. The van der Waals surface area contributed by atoms with Gasteiger partial charge >= 0.3 is 0 Å². The maximum absolute atomic E-state index is 6.35. The summed E-state index contributed by atoms with van der Waals surface area (Å²) in [6, 6.07) is 13.4. The van der Waals surface area contributed by atoms with Gasteiger partial charge in [-0.15, -0.1) is 0 Å². The van der Waals surface area contributed by atoms with Gasteiger partial charge in [-0.05, 0) is 35.9 Å². The number of halogens is 2. The number of benzene rings is 2. The van der Waals surface area contributed by atoms with E-state index in [0.29, 0.717) is 16.6 Å². The predicted molar refractivity (Wildman–Crippen MR) is 95.8 cm³/mol. The molecule has 0 spiro atoms. The number of methoxy groups -OCH3 is 1. The Morgan fingerprint density at radius 3 is 2.57 bits per heavy atom. The van der Waals surface area contributed by atoms with Crippen molar-refractivity contribution in [2.45, 2.75) is 12.5 Å². The molecule has 2 aromatic rings. The van der Waals surface area contributed by atoms with Crippen molar-refractivity contribution in [2.24, 2.45) is 10.8 Å². The molecule has 0 saturated carbocycles. The van der Waals surface area contributed by atoms with Gasteiger partial charge in [-0.2, -0.15) is 5.10 Å². The van der Waals surface area contributed by atoms with Crippen LogP contribution in [-0.2, 0) is 0 Å². The van der Waals surface area contributed by atoms with E-state index in [-0.39, 0.29) is 6.04 Å². The maximum atomic E-state index is 6.35. The molecule has 4 nitrogen and oxygen atoms in total. The van der Waals surface area contributed by atoms with Crippen LogP contribution in [-0.4, -0.2) is 19.4 Å². The number of rotatable bonds is 4. The SMILES string of the molecule is COc1ccc([C@@H]2CC(CN)=NN2c2ccc(Cl)cc2Cl)cc1. The zero-order valence-corrected chi connectivity index (χ0v) is 14.2. The van der Waals surface area contributed by atoms with E-state index >= 15 is 0 Å². The third kappa shape index (κ3) is 3.29. The number of anilines is 1. The molecule has 3 rings (SSSR count). The summed E-state index contributed by atoms with van der Waals surface area (Å²) in [4.78, 5) is 0. The van der Waals surface area contributed by atoms with Gasteiger partial charge in [0.25, 0.3) is 0 Å². The number of hydrazone groups is 1. The highest BCUT2D eigenvalue weighted by molar-refractivity contribution is 6.36.